The lowest BCUT2D eigenvalue weighted by molar-refractivity contribution is -0.123. The van der Waals surface area contributed by atoms with E-state index in [-0.39, 0.29) is 6.61 Å². The van der Waals surface area contributed by atoms with Crippen LogP contribution < -0.4 is 14.9 Å². The summed E-state index contributed by atoms with van der Waals surface area (Å²) in [6, 6.07) is 12.0. The second-order valence-corrected chi connectivity index (χ2v) is 5.67. The summed E-state index contributed by atoms with van der Waals surface area (Å²) in [5, 5.41) is 4.70. The SMILES string of the molecule is C=CCOc1cccc(/C=N\NC(=O)COc2ccc(Cl)cc2Cl)c1. The number of halogens is 2. The van der Waals surface area contributed by atoms with Crippen molar-refractivity contribution in [1.82, 2.24) is 5.43 Å². The summed E-state index contributed by atoms with van der Waals surface area (Å²) >= 11 is 11.8. The molecule has 0 aliphatic heterocycles. The average molecular weight is 379 g/mol. The summed E-state index contributed by atoms with van der Waals surface area (Å²) in [6.45, 7) is 3.79. The molecule has 0 aromatic heterocycles. The number of benzene rings is 2. The molecular formula is C18H16Cl2N2O3. The van der Waals surface area contributed by atoms with Crippen LogP contribution in [0.2, 0.25) is 10.0 Å². The maximum atomic E-state index is 11.7. The monoisotopic (exact) mass is 378 g/mol. The lowest BCUT2D eigenvalue weighted by atomic mass is 10.2. The van der Waals surface area contributed by atoms with Crippen molar-refractivity contribution in [3.63, 3.8) is 0 Å². The summed E-state index contributed by atoms with van der Waals surface area (Å²) in [4.78, 5) is 11.7. The topological polar surface area (TPSA) is 59.9 Å². The van der Waals surface area contributed by atoms with Gasteiger partial charge in [-0.25, -0.2) is 5.43 Å². The summed E-state index contributed by atoms with van der Waals surface area (Å²) in [7, 11) is 0. The molecule has 0 saturated carbocycles. The molecule has 1 amide bonds. The highest BCUT2D eigenvalue weighted by molar-refractivity contribution is 6.35. The number of nitrogens with one attached hydrogen (secondary N) is 1. The lowest BCUT2D eigenvalue weighted by Crippen LogP contribution is -2.24. The molecule has 0 saturated heterocycles. The Hall–Kier alpha value is -2.50. The van der Waals surface area contributed by atoms with Crippen LogP contribution in [0.15, 0.2) is 60.2 Å². The van der Waals surface area contributed by atoms with Crippen LogP contribution >= 0.6 is 23.2 Å². The molecule has 7 heteroatoms. The summed E-state index contributed by atoms with van der Waals surface area (Å²) in [5.41, 5.74) is 3.16. The van der Waals surface area contributed by atoms with E-state index in [9.17, 15) is 4.79 Å². The fraction of sp³-hybridized carbons (Fsp3) is 0.111. The summed E-state index contributed by atoms with van der Waals surface area (Å²) in [6.07, 6.45) is 3.17. The fourth-order valence-corrected chi connectivity index (χ4v) is 2.25. The van der Waals surface area contributed by atoms with E-state index in [2.05, 4.69) is 17.1 Å². The van der Waals surface area contributed by atoms with E-state index in [0.717, 1.165) is 5.56 Å². The van der Waals surface area contributed by atoms with Gasteiger partial charge in [-0.15, -0.1) is 0 Å². The third-order valence-electron chi connectivity index (χ3n) is 2.88. The summed E-state index contributed by atoms with van der Waals surface area (Å²) < 4.78 is 10.7. The summed E-state index contributed by atoms with van der Waals surface area (Å²) in [5.74, 6) is 0.648. The number of carbonyl (C=O) groups excluding carboxylic acids is 1. The minimum atomic E-state index is -0.415. The molecule has 2 rings (SSSR count). The van der Waals surface area contributed by atoms with Crippen molar-refractivity contribution < 1.29 is 14.3 Å². The van der Waals surface area contributed by atoms with Gasteiger partial charge in [0.15, 0.2) is 6.61 Å². The quantitative estimate of drug-likeness (QED) is 0.427. The molecule has 25 heavy (non-hydrogen) atoms. The van der Waals surface area contributed by atoms with Crippen LogP contribution in [0.4, 0.5) is 0 Å². The first-order valence-electron chi connectivity index (χ1n) is 7.32. The Morgan fingerprint density at radius 3 is 2.80 bits per heavy atom. The first kappa shape index (κ1) is 18.8. The molecule has 2 aromatic rings. The van der Waals surface area contributed by atoms with Crippen molar-refractivity contribution in [1.29, 1.82) is 0 Å². The van der Waals surface area contributed by atoms with E-state index in [4.69, 9.17) is 32.7 Å². The average Bonchev–Trinajstić information content (AvgIpc) is 2.59. The zero-order valence-corrected chi connectivity index (χ0v) is 14.8. The number of ether oxygens (including phenoxy) is 2. The molecular weight excluding hydrogens is 363 g/mol. The van der Waals surface area contributed by atoms with Crippen LogP contribution in [0.5, 0.6) is 11.5 Å². The second kappa shape index (κ2) is 9.71. The molecule has 0 atom stereocenters. The van der Waals surface area contributed by atoms with Gasteiger partial charge in [0.2, 0.25) is 0 Å². The van der Waals surface area contributed by atoms with E-state index in [1.165, 1.54) is 12.3 Å². The van der Waals surface area contributed by atoms with Gasteiger partial charge in [-0.3, -0.25) is 4.79 Å². The van der Waals surface area contributed by atoms with E-state index >= 15 is 0 Å². The molecule has 0 heterocycles. The third kappa shape index (κ3) is 6.49. The second-order valence-electron chi connectivity index (χ2n) is 4.83. The van der Waals surface area contributed by atoms with Crippen molar-refractivity contribution in [2.24, 2.45) is 5.10 Å². The molecule has 0 fully saturated rings. The first-order valence-corrected chi connectivity index (χ1v) is 8.07. The highest BCUT2D eigenvalue weighted by Crippen LogP contribution is 2.27. The van der Waals surface area contributed by atoms with Gasteiger partial charge in [0, 0.05) is 5.02 Å². The van der Waals surface area contributed by atoms with Crippen molar-refractivity contribution in [2.45, 2.75) is 0 Å². The van der Waals surface area contributed by atoms with Crippen LogP contribution in [0.1, 0.15) is 5.56 Å². The standard InChI is InChI=1S/C18H16Cl2N2O3/c1-2-8-24-15-5-3-4-13(9-15)11-21-22-18(23)12-25-17-7-6-14(19)10-16(17)20/h2-7,9-11H,1,8,12H2,(H,22,23)/b21-11-. The van der Waals surface area contributed by atoms with Crippen LogP contribution in [-0.4, -0.2) is 25.3 Å². The molecule has 0 bridgehead atoms. The molecule has 2 aromatic carbocycles. The normalized spacial score (nSPS) is 10.5. The number of carbonyl (C=O) groups is 1. The maximum Gasteiger partial charge on any atom is 0.277 e. The number of hydrazone groups is 1. The molecule has 5 nitrogen and oxygen atoms in total. The third-order valence-corrected chi connectivity index (χ3v) is 3.41. The Labute approximate surface area is 155 Å². The minimum absolute atomic E-state index is 0.221. The predicted molar refractivity (Wildman–Crippen MR) is 99.8 cm³/mol. The highest BCUT2D eigenvalue weighted by Gasteiger charge is 2.05. The van der Waals surface area contributed by atoms with Crippen LogP contribution in [0, 0.1) is 0 Å². The zero-order valence-electron chi connectivity index (χ0n) is 13.2. The Balaban J connectivity index is 1.83. The maximum absolute atomic E-state index is 11.7. The Kier molecular flexibility index (Phi) is 7.32. The smallest absolute Gasteiger partial charge is 0.277 e. The Morgan fingerprint density at radius 1 is 1.20 bits per heavy atom. The van der Waals surface area contributed by atoms with Gasteiger partial charge < -0.3 is 9.47 Å². The van der Waals surface area contributed by atoms with Gasteiger partial charge in [-0.1, -0.05) is 48.0 Å². The molecule has 0 radical (unpaired) electrons. The first-order chi connectivity index (χ1) is 12.1. The molecule has 1 N–H and O–H groups in total. The molecule has 0 spiro atoms. The van der Waals surface area contributed by atoms with Crippen LogP contribution in [0.25, 0.3) is 0 Å². The lowest BCUT2D eigenvalue weighted by Gasteiger charge is -2.07. The Morgan fingerprint density at radius 2 is 2.04 bits per heavy atom. The number of hydrogen-bond donors (Lipinski definition) is 1. The predicted octanol–water partition coefficient (Wildman–Crippen LogP) is 4.09. The number of nitrogens with zero attached hydrogens (tertiary/aromatic N) is 1. The van der Waals surface area contributed by atoms with Gasteiger partial charge in [-0.2, -0.15) is 5.10 Å². The molecule has 0 aliphatic rings. The number of hydrogen-bond acceptors (Lipinski definition) is 4. The van der Waals surface area contributed by atoms with Crippen molar-refractivity contribution in [3.8, 4) is 11.5 Å². The van der Waals surface area contributed by atoms with E-state index < -0.39 is 5.91 Å². The van der Waals surface area contributed by atoms with Crippen LogP contribution in [-0.2, 0) is 4.79 Å². The van der Waals surface area contributed by atoms with Gasteiger partial charge in [0.1, 0.15) is 18.1 Å². The largest absolute Gasteiger partial charge is 0.490 e. The van der Waals surface area contributed by atoms with E-state index in [1.807, 2.05) is 18.2 Å². The van der Waals surface area contributed by atoms with Crippen molar-refractivity contribution >= 4 is 35.3 Å². The van der Waals surface area contributed by atoms with Crippen molar-refractivity contribution in [2.75, 3.05) is 13.2 Å². The molecule has 130 valence electrons. The van der Waals surface area contributed by atoms with E-state index in [0.29, 0.717) is 28.2 Å². The van der Waals surface area contributed by atoms with Crippen LogP contribution in [0.3, 0.4) is 0 Å². The Bertz CT molecular complexity index is 779. The van der Waals surface area contributed by atoms with Gasteiger partial charge >= 0.3 is 0 Å². The fourth-order valence-electron chi connectivity index (χ4n) is 1.79. The van der Waals surface area contributed by atoms with Gasteiger partial charge in [0.25, 0.3) is 5.91 Å². The molecule has 0 unspecified atom stereocenters. The van der Waals surface area contributed by atoms with Gasteiger partial charge in [0.05, 0.1) is 11.2 Å². The number of amides is 1. The number of rotatable bonds is 8. The highest BCUT2D eigenvalue weighted by atomic mass is 35.5. The van der Waals surface area contributed by atoms with E-state index in [1.54, 1.807) is 24.3 Å². The molecule has 0 aliphatic carbocycles. The zero-order chi connectivity index (χ0) is 18.1. The van der Waals surface area contributed by atoms with Gasteiger partial charge in [-0.05, 0) is 35.9 Å². The minimum Gasteiger partial charge on any atom is -0.490 e. The van der Waals surface area contributed by atoms with Crippen molar-refractivity contribution in [3.05, 3.63) is 70.7 Å².